The summed E-state index contributed by atoms with van der Waals surface area (Å²) < 4.78 is 39.5. The fourth-order valence-corrected chi connectivity index (χ4v) is 2.17. The highest BCUT2D eigenvalue weighted by molar-refractivity contribution is 5.96. The molecule has 6 nitrogen and oxygen atoms in total. The molecule has 0 bridgehead atoms. The summed E-state index contributed by atoms with van der Waals surface area (Å²) in [5.74, 6) is -1.54. The van der Waals surface area contributed by atoms with Gasteiger partial charge in [-0.25, -0.2) is 4.79 Å². The molecule has 0 aliphatic heterocycles. The lowest BCUT2D eigenvalue weighted by Crippen LogP contribution is -2.21. The molecule has 150 valence electrons. The molecule has 0 spiro atoms. The lowest BCUT2D eigenvalue weighted by Gasteiger charge is -2.12. The van der Waals surface area contributed by atoms with Gasteiger partial charge in [0.05, 0.1) is 24.0 Å². The first-order chi connectivity index (χ1) is 13.3. The number of rotatable bonds is 9. The molecule has 1 N–H and O–H groups in total. The van der Waals surface area contributed by atoms with Crippen molar-refractivity contribution >= 4 is 17.6 Å². The summed E-state index contributed by atoms with van der Waals surface area (Å²) in [7, 11) is 0. The summed E-state index contributed by atoms with van der Waals surface area (Å²) in [6.07, 6.45) is 0.0966. The number of benzene rings is 2. The van der Waals surface area contributed by atoms with Gasteiger partial charge >= 0.3 is 12.6 Å². The second kappa shape index (κ2) is 10.4. The van der Waals surface area contributed by atoms with Crippen molar-refractivity contribution in [1.82, 2.24) is 0 Å². The Balaban J connectivity index is 1.86. The van der Waals surface area contributed by atoms with Crippen LogP contribution >= 0.6 is 0 Å². The highest BCUT2D eigenvalue weighted by Gasteiger charge is 2.14. The van der Waals surface area contributed by atoms with Crippen LogP contribution in [0.15, 0.2) is 48.5 Å². The van der Waals surface area contributed by atoms with Gasteiger partial charge in [-0.05, 0) is 43.7 Å². The van der Waals surface area contributed by atoms with Gasteiger partial charge in [0.15, 0.2) is 6.61 Å². The van der Waals surface area contributed by atoms with Crippen LogP contribution < -0.4 is 10.1 Å². The van der Waals surface area contributed by atoms with Gasteiger partial charge in [0.1, 0.15) is 5.75 Å². The lowest BCUT2D eigenvalue weighted by molar-refractivity contribution is -0.119. The van der Waals surface area contributed by atoms with Crippen molar-refractivity contribution in [1.29, 1.82) is 0 Å². The van der Waals surface area contributed by atoms with Crippen LogP contribution in [0.4, 0.5) is 14.5 Å². The summed E-state index contributed by atoms with van der Waals surface area (Å²) in [4.78, 5) is 24.0. The topological polar surface area (TPSA) is 73.9 Å². The third-order valence-corrected chi connectivity index (χ3v) is 3.48. The summed E-state index contributed by atoms with van der Waals surface area (Å²) >= 11 is 0. The maximum absolute atomic E-state index is 12.4. The number of carbonyl (C=O) groups is 2. The van der Waals surface area contributed by atoms with Gasteiger partial charge in [-0.1, -0.05) is 24.3 Å². The highest BCUT2D eigenvalue weighted by atomic mass is 19.3. The van der Waals surface area contributed by atoms with Gasteiger partial charge in [-0.3, -0.25) is 4.79 Å². The molecule has 0 aliphatic carbocycles. The summed E-state index contributed by atoms with van der Waals surface area (Å²) in [6, 6.07) is 12.3. The summed E-state index contributed by atoms with van der Waals surface area (Å²) in [5.41, 5.74) is 1.24. The minimum atomic E-state index is -3.02. The van der Waals surface area contributed by atoms with Crippen molar-refractivity contribution in [2.75, 3.05) is 11.9 Å². The molecule has 2 aromatic rings. The molecular weight excluding hydrogens is 372 g/mol. The minimum absolute atomic E-state index is 0.0540. The molecule has 0 saturated heterocycles. The average molecular weight is 393 g/mol. The number of carbonyl (C=O) groups excluding carboxylic acids is 2. The fraction of sp³-hybridized carbons (Fsp3) is 0.300. The van der Waals surface area contributed by atoms with Crippen LogP contribution in [0.3, 0.4) is 0 Å². The molecule has 0 radical (unpaired) electrons. The molecular formula is C20H21F2NO5. The van der Waals surface area contributed by atoms with Crippen LogP contribution in [0.5, 0.6) is 5.75 Å². The number of alkyl halides is 2. The zero-order chi connectivity index (χ0) is 20.5. The van der Waals surface area contributed by atoms with E-state index in [0.29, 0.717) is 6.61 Å². The van der Waals surface area contributed by atoms with Crippen molar-refractivity contribution < 1.29 is 32.6 Å². The smallest absolute Gasteiger partial charge is 0.387 e. The van der Waals surface area contributed by atoms with E-state index >= 15 is 0 Å². The number of para-hydroxylation sites is 2. The Bertz CT molecular complexity index is 793. The molecule has 2 rings (SSSR count). The molecule has 0 saturated carbocycles. The molecule has 8 heteroatoms. The first-order valence-corrected chi connectivity index (χ1v) is 8.56. The molecule has 0 heterocycles. The van der Waals surface area contributed by atoms with Crippen molar-refractivity contribution in [3.05, 3.63) is 59.7 Å². The van der Waals surface area contributed by atoms with Gasteiger partial charge in [-0.2, -0.15) is 8.78 Å². The van der Waals surface area contributed by atoms with Crippen LogP contribution in [0, 0.1) is 0 Å². The van der Waals surface area contributed by atoms with Gasteiger partial charge in [0, 0.05) is 0 Å². The Labute approximate surface area is 161 Å². The SMILES string of the molecule is CC(C)OCc1ccc(C(=O)OCC(=O)Nc2ccccc2OC(F)F)cc1. The van der Waals surface area contributed by atoms with Gasteiger partial charge in [0.25, 0.3) is 5.91 Å². The molecule has 0 fully saturated rings. The van der Waals surface area contributed by atoms with Gasteiger partial charge in [-0.15, -0.1) is 0 Å². The largest absolute Gasteiger partial charge is 0.452 e. The van der Waals surface area contributed by atoms with Crippen molar-refractivity contribution in [2.45, 2.75) is 33.2 Å². The molecule has 0 atom stereocenters. The number of esters is 1. The van der Waals surface area contributed by atoms with Crippen molar-refractivity contribution in [3.8, 4) is 5.75 Å². The van der Waals surface area contributed by atoms with E-state index in [0.717, 1.165) is 5.56 Å². The van der Waals surface area contributed by atoms with E-state index in [2.05, 4.69) is 10.1 Å². The predicted octanol–water partition coefficient (Wildman–Crippen LogP) is 4.01. The fourth-order valence-electron chi connectivity index (χ4n) is 2.17. The third kappa shape index (κ3) is 6.96. The Morgan fingerprint density at radius 1 is 1.04 bits per heavy atom. The Morgan fingerprint density at radius 2 is 1.71 bits per heavy atom. The highest BCUT2D eigenvalue weighted by Crippen LogP contribution is 2.25. The third-order valence-electron chi connectivity index (χ3n) is 3.48. The molecule has 2 aromatic carbocycles. The number of halogens is 2. The quantitative estimate of drug-likeness (QED) is 0.652. The predicted molar refractivity (Wildman–Crippen MR) is 98.4 cm³/mol. The zero-order valence-electron chi connectivity index (χ0n) is 15.5. The van der Waals surface area contributed by atoms with Crippen LogP contribution in [-0.4, -0.2) is 31.2 Å². The monoisotopic (exact) mass is 393 g/mol. The van der Waals surface area contributed by atoms with Crippen molar-refractivity contribution in [2.24, 2.45) is 0 Å². The maximum atomic E-state index is 12.4. The lowest BCUT2D eigenvalue weighted by atomic mass is 10.1. The van der Waals surface area contributed by atoms with E-state index in [1.54, 1.807) is 30.3 Å². The number of ether oxygens (including phenoxy) is 3. The first-order valence-electron chi connectivity index (χ1n) is 8.56. The van der Waals surface area contributed by atoms with Crippen LogP contribution in [0.25, 0.3) is 0 Å². The standard InChI is InChI=1S/C20H21F2NO5/c1-13(2)26-11-14-7-9-15(10-8-14)19(25)27-12-18(24)23-16-5-3-4-6-17(16)28-20(21)22/h3-10,13,20H,11-12H2,1-2H3,(H,23,24). The van der Waals surface area contributed by atoms with Crippen LogP contribution in [0.1, 0.15) is 29.8 Å². The summed E-state index contributed by atoms with van der Waals surface area (Å²) in [6.45, 7) is 0.684. The Hall–Kier alpha value is -3.00. The average Bonchev–Trinajstić information content (AvgIpc) is 2.66. The van der Waals surface area contributed by atoms with Gasteiger partial charge < -0.3 is 19.5 Å². The van der Waals surface area contributed by atoms with E-state index < -0.39 is 25.1 Å². The Kier molecular flexibility index (Phi) is 7.88. The van der Waals surface area contributed by atoms with Crippen LogP contribution in [0.2, 0.25) is 0 Å². The van der Waals surface area contributed by atoms with Crippen LogP contribution in [-0.2, 0) is 20.9 Å². The maximum Gasteiger partial charge on any atom is 0.387 e. The molecule has 0 unspecified atom stereocenters. The van der Waals surface area contributed by atoms with E-state index in [1.807, 2.05) is 13.8 Å². The van der Waals surface area contributed by atoms with E-state index in [9.17, 15) is 18.4 Å². The van der Waals surface area contributed by atoms with E-state index in [-0.39, 0.29) is 23.1 Å². The summed E-state index contributed by atoms with van der Waals surface area (Å²) in [5, 5.41) is 2.37. The normalized spacial score (nSPS) is 10.8. The first kappa shape index (κ1) is 21.3. The number of amides is 1. The molecule has 28 heavy (non-hydrogen) atoms. The number of anilines is 1. The number of hydrogen-bond acceptors (Lipinski definition) is 5. The second-order valence-corrected chi connectivity index (χ2v) is 6.06. The molecule has 0 aromatic heterocycles. The Morgan fingerprint density at radius 3 is 2.36 bits per heavy atom. The number of hydrogen-bond donors (Lipinski definition) is 1. The van der Waals surface area contributed by atoms with Crippen molar-refractivity contribution in [3.63, 3.8) is 0 Å². The zero-order valence-corrected chi connectivity index (χ0v) is 15.5. The van der Waals surface area contributed by atoms with E-state index in [4.69, 9.17) is 9.47 Å². The van der Waals surface area contributed by atoms with E-state index in [1.165, 1.54) is 18.2 Å². The number of nitrogens with one attached hydrogen (secondary N) is 1. The minimum Gasteiger partial charge on any atom is -0.452 e. The van der Waals surface area contributed by atoms with Gasteiger partial charge in [0.2, 0.25) is 0 Å². The molecule has 1 amide bonds. The molecule has 0 aliphatic rings. The second-order valence-electron chi connectivity index (χ2n) is 6.06.